The number of esters is 1. The monoisotopic (exact) mass is 207 g/mol. The number of hydrogen-bond donors (Lipinski definition) is 1. The quantitative estimate of drug-likeness (QED) is 0.529. The maximum absolute atomic E-state index is 11.1. The van der Waals surface area contributed by atoms with Crippen molar-refractivity contribution in [3.05, 3.63) is 0 Å². The molecule has 0 unspecified atom stereocenters. The molecule has 0 aliphatic carbocycles. The first-order valence-corrected chi connectivity index (χ1v) is 4.21. The number of ether oxygens (including phenoxy) is 2. The number of hydrogen-bond acceptors (Lipinski definition) is 5. The number of likely N-dealkylation sites (N-methyl/N-ethyl adjacent to an activating group) is 1. The van der Waals surface area contributed by atoms with Gasteiger partial charge in [-0.3, -0.25) is 4.90 Å². The number of carbonyl (C=O) groups excluding carboxylic acids is 2. The van der Waals surface area contributed by atoms with E-state index in [2.05, 4.69) is 22.1 Å². The summed E-state index contributed by atoms with van der Waals surface area (Å²) >= 11 is 3.93. The molecule has 6 heteroatoms. The maximum atomic E-state index is 11.1. The lowest BCUT2D eigenvalue weighted by Crippen LogP contribution is -2.44. The molecule has 0 rings (SSSR count). The Morgan fingerprint density at radius 3 is 2.23 bits per heavy atom. The van der Waals surface area contributed by atoms with E-state index in [1.807, 2.05) is 0 Å². The van der Waals surface area contributed by atoms with Gasteiger partial charge in [-0.25, -0.2) is 9.59 Å². The molecule has 0 spiro atoms. The minimum atomic E-state index is -0.708. The van der Waals surface area contributed by atoms with E-state index in [1.54, 1.807) is 0 Å². The summed E-state index contributed by atoms with van der Waals surface area (Å²) in [4.78, 5) is 23.2. The van der Waals surface area contributed by atoms with Gasteiger partial charge in [0.2, 0.25) is 0 Å². The van der Waals surface area contributed by atoms with E-state index in [4.69, 9.17) is 0 Å². The van der Waals surface area contributed by atoms with Gasteiger partial charge >= 0.3 is 12.1 Å². The van der Waals surface area contributed by atoms with Crippen LogP contribution in [0.4, 0.5) is 4.79 Å². The third-order valence-corrected chi connectivity index (χ3v) is 1.92. The largest absolute Gasteiger partial charge is 0.467 e. The Bertz CT molecular complexity index is 197. The summed E-state index contributed by atoms with van der Waals surface area (Å²) in [7, 11) is 3.94. The number of thiol groups is 1. The van der Waals surface area contributed by atoms with Crippen LogP contribution in [0, 0.1) is 0 Å². The lowest BCUT2D eigenvalue weighted by Gasteiger charge is -2.22. The summed E-state index contributed by atoms with van der Waals surface area (Å²) in [6, 6.07) is -0.708. The Balaban J connectivity index is 4.39. The van der Waals surface area contributed by atoms with Crippen molar-refractivity contribution in [2.75, 3.05) is 27.0 Å². The van der Waals surface area contributed by atoms with Gasteiger partial charge in [0, 0.05) is 12.8 Å². The van der Waals surface area contributed by atoms with Crippen LogP contribution in [0.1, 0.15) is 0 Å². The molecule has 1 amide bonds. The van der Waals surface area contributed by atoms with E-state index in [-0.39, 0.29) is 5.75 Å². The summed E-state index contributed by atoms with van der Waals surface area (Å²) in [6.45, 7) is 0. The fourth-order valence-electron chi connectivity index (χ4n) is 0.762. The summed E-state index contributed by atoms with van der Waals surface area (Å²) < 4.78 is 8.92. The molecule has 0 heterocycles. The second-order valence-corrected chi connectivity index (χ2v) is 2.67. The van der Waals surface area contributed by atoms with Crippen molar-refractivity contribution in [3.63, 3.8) is 0 Å². The summed E-state index contributed by atoms with van der Waals surface area (Å²) in [5.41, 5.74) is 0. The van der Waals surface area contributed by atoms with Gasteiger partial charge in [0.1, 0.15) is 6.04 Å². The summed E-state index contributed by atoms with van der Waals surface area (Å²) in [5, 5.41) is 0. The standard InChI is InChI=1S/C7H13NO4S/c1-8(7(10)12-3)5(4-13)6(9)11-2/h5,13H,4H2,1-3H3/t5-/m1/s1. The zero-order chi connectivity index (χ0) is 10.4. The summed E-state index contributed by atoms with van der Waals surface area (Å²) in [5.74, 6) is -0.318. The average Bonchev–Trinajstić information content (AvgIpc) is 2.17. The van der Waals surface area contributed by atoms with E-state index in [0.717, 1.165) is 4.90 Å². The van der Waals surface area contributed by atoms with Crippen LogP contribution in [0.25, 0.3) is 0 Å². The van der Waals surface area contributed by atoms with Gasteiger partial charge in [-0.1, -0.05) is 0 Å². The molecule has 0 radical (unpaired) electrons. The first kappa shape index (κ1) is 12.1. The number of amides is 1. The average molecular weight is 207 g/mol. The second-order valence-electron chi connectivity index (χ2n) is 2.30. The number of methoxy groups -OCH3 is 2. The molecule has 0 N–H and O–H groups in total. The topological polar surface area (TPSA) is 55.8 Å². The Morgan fingerprint density at radius 1 is 1.38 bits per heavy atom. The zero-order valence-corrected chi connectivity index (χ0v) is 8.71. The zero-order valence-electron chi connectivity index (χ0n) is 7.81. The number of nitrogens with zero attached hydrogens (tertiary/aromatic N) is 1. The van der Waals surface area contributed by atoms with Crippen LogP contribution in [-0.4, -0.2) is 50.0 Å². The molecule has 0 saturated heterocycles. The third kappa shape index (κ3) is 3.14. The van der Waals surface area contributed by atoms with Gasteiger partial charge in [0.15, 0.2) is 0 Å². The van der Waals surface area contributed by atoms with Crippen LogP contribution in [-0.2, 0) is 14.3 Å². The van der Waals surface area contributed by atoms with Crippen molar-refractivity contribution in [1.82, 2.24) is 4.90 Å². The molecule has 5 nitrogen and oxygen atoms in total. The Hall–Kier alpha value is -0.910. The second kappa shape index (κ2) is 5.69. The highest BCUT2D eigenvalue weighted by atomic mass is 32.1. The van der Waals surface area contributed by atoms with Gasteiger partial charge in [-0.15, -0.1) is 0 Å². The summed E-state index contributed by atoms with van der Waals surface area (Å²) in [6.07, 6.45) is -0.593. The highest BCUT2D eigenvalue weighted by Gasteiger charge is 2.26. The van der Waals surface area contributed by atoms with Crippen LogP contribution in [0.2, 0.25) is 0 Å². The molecular formula is C7H13NO4S. The lowest BCUT2D eigenvalue weighted by atomic mass is 10.3. The number of rotatable bonds is 3. The van der Waals surface area contributed by atoms with Gasteiger partial charge in [-0.05, 0) is 0 Å². The maximum Gasteiger partial charge on any atom is 0.409 e. The van der Waals surface area contributed by atoms with E-state index >= 15 is 0 Å². The van der Waals surface area contributed by atoms with Crippen molar-refractivity contribution < 1.29 is 19.1 Å². The van der Waals surface area contributed by atoms with Crippen molar-refractivity contribution >= 4 is 24.7 Å². The van der Waals surface area contributed by atoms with Crippen LogP contribution in [0.3, 0.4) is 0 Å². The minimum Gasteiger partial charge on any atom is -0.467 e. The van der Waals surface area contributed by atoms with Crippen LogP contribution >= 0.6 is 12.6 Å². The van der Waals surface area contributed by atoms with E-state index in [1.165, 1.54) is 21.3 Å². The molecule has 0 saturated carbocycles. The van der Waals surface area contributed by atoms with E-state index < -0.39 is 18.1 Å². The van der Waals surface area contributed by atoms with Crippen molar-refractivity contribution in [2.24, 2.45) is 0 Å². The number of carbonyl (C=O) groups is 2. The molecule has 13 heavy (non-hydrogen) atoms. The lowest BCUT2D eigenvalue weighted by molar-refractivity contribution is -0.145. The normalized spacial score (nSPS) is 11.7. The SMILES string of the molecule is COC(=O)[C@@H](CS)N(C)C(=O)OC. The molecule has 0 aromatic heterocycles. The predicted molar refractivity (Wildman–Crippen MR) is 49.8 cm³/mol. The highest BCUT2D eigenvalue weighted by Crippen LogP contribution is 2.03. The Morgan fingerprint density at radius 2 is 1.92 bits per heavy atom. The van der Waals surface area contributed by atoms with Gasteiger partial charge in [0.25, 0.3) is 0 Å². The molecule has 1 atom stereocenters. The van der Waals surface area contributed by atoms with Crippen molar-refractivity contribution in [1.29, 1.82) is 0 Å². The van der Waals surface area contributed by atoms with Gasteiger partial charge < -0.3 is 9.47 Å². The first-order valence-electron chi connectivity index (χ1n) is 3.58. The molecule has 0 aliphatic heterocycles. The molecule has 0 aromatic rings. The highest BCUT2D eigenvalue weighted by molar-refractivity contribution is 7.80. The fourth-order valence-corrected chi connectivity index (χ4v) is 1.16. The molecule has 0 fully saturated rings. The van der Waals surface area contributed by atoms with Crippen molar-refractivity contribution in [3.8, 4) is 0 Å². The molecule has 0 aliphatic rings. The van der Waals surface area contributed by atoms with Gasteiger partial charge in [-0.2, -0.15) is 12.6 Å². The van der Waals surface area contributed by atoms with E-state index in [0.29, 0.717) is 0 Å². The van der Waals surface area contributed by atoms with Gasteiger partial charge in [0.05, 0.1) is 14.2 Å². The minimum absolute atomic E-state index is 0.193. The van der Waals surface area contributed by atoms with Crippen LogP contribution < -0.4 is 0 Å². The first-order chi connectivity index (χ1) is 6.08. The Kier molecular flexibility index (Phi) is 5.29. The molecule has 0 aromatic carbocycles. The molecule has 76 valence electrons. The molecular weight excluding hydrogens is 194 g/mol. The van der Waals surface area contributed by atoms with E-state index in [9.17, 15) is 9.59 Å². The van der Waals surface area contributed by atoms with Crippen LogP contribution in [0.15, 0.2) is 0 Å². The van der Waals surface area contributed by atoms with Crippen LogP contribution in [0.5, 0.6) is 0 Å². The smallest absolute Gasteiger partial charge is 0.409 e. The van der Waals surface area contributed by atoms with Crippen molar-refractivity contribution in [2.45, 2.75) is 6.04 Å². The Labute approximate surface area is 82.4 Å². The fraction of sp³-hybridized carbons (Fsp3) is 0.714. The molecule has 0 bridgehead atoms. The third-order valence-electron chi connectivity index (χ3n) is 1.58. The predicted octanol–water partition coefficient (Wildman–Crippen LogP) is 0.156.